The zero-order valence-corrected chi connectivity index (χ0v) is 10.9. The maximum absolute atomic E-state index is 7.54. The molecule has 0 aromatic carbocycles. The van der Waals surface area contributed by atoms with Crippen molar-refractivity contribution in [3.05, 3.63) is 5.73 Å². The van der Waals surface area contributed by atoms with Gasteiger partial charge in [-0.15, -0.1) is 6.04 Å². The van der Waals surface area contributed by atoms with Gasteiger partial charge in [-0.1, -0.05) is 25.7 Å². The van der Waals surface area contributed by atoms with E-state index < -0.39 is 0 Å². The van der Waals surface area contributed by atoms with Crippen LogP contribution in [0.4, 0.5) is 0 Å². The monoisotopic (exact) mass is 339 g/mol. The molecule has 1 fully saturated rings. The minimum atomic E-state index is 0. The van der Waals surface area contributed by atoms with E-state index in [0.29, 0.717) is 6.04 Å². The van der Waals surface area contributed by atoms with Gasteiger partial charge in [0, 0.05) is 27.1 Å². The SMILES string of the molecule is CNC(C)C1CCC([NH-])CC1.[W]. The zero-order chi connectivity index (χ0) is 8.27. The first-order valence-electron chi connectivity index (χ1n) is 4.62. The average molecular weight is 339 g/mol. The summed E-state index contributed by atoms with van der Waals surface area (Å²) in [5.74, 6) is 0.821. The molecule has 12 heavy (non-hydrogen) atoms. The molecule has 0 aromatic rings. The summed E-state index contributed by atoms with van der Waals surface area (Å²) in [7, 11) is 2.03. The van der Waals surface area contributed by atoms with Crippen molar-refractivity contribution in [2.45, 2.75) is 44.7 Å². The van der Waals surface area contributed by atoms with Crippen LogP contribution in [-0.4, -0.2) is 19.1 Å². The Morgan fingerprint density at radius 1 is 1.25 bits per heavy atom. The largest absolute Gasteiger partial charge is 0.675 e. The summed E-state index contributed by atoms with van der Waals surface area (Å²) >= 11 is 0. The van der Waals surface area contributed by atoms with Crippen LogP contribution in [0, 0.1) is 5.92 Å². The Labute approximate surface area is 89.9 Å². The molecule has 1 aliphatic carbocycles. The van der Waals surface area contributed by atoms with E-state index >= 15 is 0 Å². The minimum Gasteiger partial charge on any atom is -0.675 e. The van der Waals surface area contributed by atoms with Crippen molar-refractivity contribution in [2.24, 2.45) is 5.92 Å². The molecule has 72 valence electrons. The van der Waals surface area contributed by atoms with Crippen molar-refractivity contribution < 1.29 is 21.1 Å². The van der Waals surface area contributed by atoms with Gasteiger partial charge in [-0.3, -0.25) is 0 Å². The molecule has 0 bridgehead atoms. The van der Waals surface area contributed by atoms with Gasteiger partial charge in [0.1, 0.15) is 0 Å². The predicted molar refractivity (Wildman–Crippen MR) is 48.6 cm³/mol. The minimum absolute atomic E-state index is 0. The summed E-state index contributed by atoms with van der Waals surface area (Å²) < 4.78 is 0. The number of rotatable bonds is 2. The van der Waals surface area contributed by atoms with Crippen LogP contribution in [0.3, 0.4) is 0 Å². The molecule has 1 rings (SSSR count). The van der Waals surface area contributed by atoms with E-state index in [9.17, 15) is 0 Å². The molecule has 1 aliphatic rings. The summed E-state index contributed by atoms with van der Waals surface area (Å²) in [4.78, 5) is 0. The van der Waals surface area contributed by atoms with Crippen molar-refractivity contribution in [2.75, 3.05) is 7.05 Å². The summed E-state index contributed by atoms with van der Waals surface area (Å²) in [6.45, 7) is 2.24. The van der Waals surface area contributed by atoms with Crippen LogP contribution >= 0.6 is 0 Å². The summed E-state index contributed by atoms with van der Waals surface area (Å²) in [5.41, 5.74) is 7.54. The number of hydrogen-bond donors (Lipinski definition) is 1. The third-order valence-electron chi connectivity index (χ3n) is 2.93. The van der Waals surface area contributed by atoms with E-state index in [1.54, 1.807) is 0 Å². The van der Waals surface area contributed by atoms with E-state index in [-0.39, 0.29) is 27.1 Å². The fourth-order valence-electron chi connectivity index (χ4n) is 1.85. The maximum atomic E-state index is 7.54. The molecule has 0 spiro atoms. The average Bonchev–Trinajstić information content (AvgIpc) is 2.05. The van der Waals surface area contributed by atoms with Gasteiger partial charge in [-0.25, -0.2) is 0 Å². The summed E-state index contributed by atoms with van der Waals surface area (Å²) in [6, 6.07) is 0.873. The molecule has 1 unspecified atom stereocenters. The second-order valence-corrected chi connectivity index (χ2v) is 3.69. The molecule has 2 nitrogen and oxygen atoms in total. The molecule has 1 atom stereocenters. The van der Waals surface area contributed by atoms with E-state index in [1.165, 1.54) is 12.8 Å². The molecular formula is C9H19N2W-. The van der Waals surface area contributed by atoms with Crippen LogP contribution in [0.25, 0.3) is 5.73 Å². The van der Waals surface area contributed by atoms with Gasteiger partial charge in [-0.2, -0.15) is 0 Å². The van der Waals surface area contributed by atoms with Crippen LogP contribution in [0.1, 0.15) is 32.6 Å². The van der Waals surface area contributed by atoms with Gasteiger partial charge >= 0.3 is 0 Å². The van der Waals surface area contributed by atoms with Gasteiger partial charge in [0.25, 0.3) is 0 Å². The first-order chi connectivity index (χ1) is 5.24. The summed E-state index contributed by atoms with van der Waals surface area (Å²) in [6.07, 6.45) is 4.71. The number of hydrogen-bond acceptors (Lipinski definition) is 1. The standard InChI is InChI=1S/C9H19N2.W/c1-7(11-2)8-3-5-9(10)6-4-8;/h7-11H,3-6H2,1-2H3;/q-1;. The van der Waals surface area contributed by atoms with Crippen LogP contribution in [-0.2, 0) is 21.1 Å². The van der Waals surface area contributed by atoms with Gasteiger partial charge in [0.2, 0.25) is 0 Å². The molecule has 0 radical (unpaired) electrons. The van der Waals surface area contributed by atoms with Gasteiger partial charge < -0.3 is 11.1 Å². The van der Waals surface area contributed by atoms with E-state index in [2.05, 4.69) is 12.2 Å². The quantitative estimate of drug-likeness (QED) is 0.823. The molecule has 3 heteroatoms. The van der Waals surface area contributed by atoms with E-state index in [4.69, 9.17) is 5.73 Å². The normalized spacial score (nSPS) is 32.2. The Morgan fingerprint density at radius 2 is 1.75 bits per heavy atom. The number of nitrogens with one attached hydrogen (secondary N) is 2. The van der Waals surface area contributed by atoms with Crippen molar-refractivity contribution >= 4 is 0 Å². The van der Waals surface area contributed by atoms with E-state index in [0.717, 1.165) is 18.8 Å². The van der Waals surface area contributed by atoms with Crippen LogP contribution in [0.2, 0.25) is 0 Å². The third-order valence-corrected chi connectivity index (χ3v) is 2.93. The summed E-state index contributed by atoms with van der Waals surface area (Å²) in [5, 5.41) is 3.29. The third kappa shape index (κ3) is 3.55. The van der Waals surface area contributed by atoms with Crippen molar-refractivity contribution in [1.29, 1.82) is 0 Å². The second kappa shape index (κ2) is 6.12. The molecule has 0 heterocycles. The zero-order valence-electron chi connectivity index (χ0n) is 7.97. The Bertz CT molecular complexity index is 111. The first kappa shape index (κ1) is 12.6. The molecule has 0 amide bonds. The van der Waals surface area contributed by atoms with Gasteiger partial charge in [0.05, 0.1) is 0 Å². The second-order valence-electron chi connectivity index (χ2n) is 3.69. The Hall–Kier alpha value is 0.608. The molecule has 2 N–H and O–H groups in total. The molecule has 0 aromatic heterocycles. The van der Waals surface area contributed by atoms with Crippen molar-refractivity contribution in [1.82, 2.24) is 5.32 Å². The fraction of sp³-hybridized carbons (Fsp3) is 1.00. The Balaban J connectivity index is 0.00000121. The van der Waals surface area contributed by atoms with Crippen LogP contribution < -0.4 is 5.32 Å². The smallest absolute Gasteiger partial charge is 0.00639 e. The van der Waals surface area contributed by atoms with Crippen LogP contribution in [0.15, 0.2) is 0 Å². The Kier molecular flexibility index (Phi) is 6.43. The maximum Gasteiger partial charge on any atom is 0.00639 e. The predicted octanol–water partition coefficient (Wildman–Crippen LogP) is 2.20. The molecule has 0 aliphatic heterocycles. The molecule has 0 saturated heterocycles. The van der Waals surface area contributed by atoms with Gasteiger partial charge in [-0.05, 0) is 19.9 Å². The topological polar surface area (TPSA) is 35.8 Å². The van der Waals surface area contributed by atoms with E-state index in [1.807, 2.05) is 7.05 Å². The Morgan fingerprint density at radius 3 is 2.17 bits per heavy atom. The van der Waals surface area contributed by atoms with Crippen molar-refractivity contribution in [3.63, 3.8) is 0 Å². The molecular weight excluding hydrogens is 320 g/mol. The molecule has 1 saturated carbocycles. The van der Waals surface area contributed by atoms with Gasteiger partial charge in [0.15, 0.2) is 0 Å². The fourth-order valence-corrected chi connectivity index (χ4v) is 1.85. The van der Waals surface area contributed by atoms with Crippen LogP contribution in [0.5, 0.6) is 0 Å². The van der Waals surface area contributed by atoms with Crippen molar-refractivity contribution in [3.8, 4) is 0 Å². The first-order valence-corrected chi connectivity index (χ1v) is 4.62.